The number of hydrogen-bond donors (Lipinski definition) is 0. The summed E-state index contributed by atoms with van der Waals surface area (Å²) in [4.78, 5) is 2.08. The molecule has 0 spiro atoms. The summed E-state index contributed by atoms with van der Waals surface area (Å²) in [6.07, 6.45) is 10.2. The lowest BCUT2D eigenvalue weighted by Crippen LogP contribution is -2.15. The number of nitriles is 1. The molecule has 4 heteroatoms. The number of nitrogens with zero attached hydrogens (tertiary/aromatic N) is 2. The lowest BCUT2D eigenvalue weighted by molar-refractivity contribution is 0.313. The van der Waals surface area contributed by atoms with Crippen LogP contribution < -0.4 is 9.64 Å². The summed E-state index contributed by atoms with van der Waals surface area (Å²) in [7, 11) is 4.07. The molecule has 2 heterocycles. The lowest BCUT2D eigenvalue weighted by atomic mass is 9.84. The van der Waals surface area contributed by atoms with Gasteiger partial charge >= 0.3 is 0 Å². The summed E-state index contributed by atoms with van der Waals surface area (Å²) < 4.78 is 12.3. The van der Waals surface area contributed by atoms with E-state index in [1.54, 1.807) is 0 Å². The van der Waals surface area contributed by atoms with Crippen LogP contribution in [0.2, 0.25) is 0 Å². The van der Waals surface area contributed by atoms with Gasteiger partial charge in [0.05, 0.1) is 6.07 Å². The van der Waals surface area contributed by atoms with Crippen molar-refractivity contribution in [1.29, 1.82) is 5.26 Å². The first-order chi connectivity index (χ1) is 14.0. The van der Waals surface area contributed by atoms with Gasteiger partial charge in [0, 0.05) is 43.1 Å². The minimum absolute atomic E-state index is 0.673. The van der Waals surface area contributed by atoms with E-state index < -0.39 is 0 Å². The molecule has 0 fully saturated rings. The van der Waals surface area contributed by atoms with Crippen molar-refractivity contribution in [3.63, 3.8) is 0 Å². The van der Waals surface area contributed by atoms with E-state index in [4.69, 9.17) is 9.47 Å². The highest BCUT2D eigenvalue weighted by molar-refractivity contribution is 5.80. The molecule has 1 aromatic rings. The zero-order chi connectivity index (χ0) is 20.5. The maximum atomic E-state index is 9.26. The van der Waals surface area contributed by atoms with Gasteiger partial charge in [0.25, 0.3) is 0 Å². The van der Waals surface area contributed by atoms with Gasteiger partial charge in [-0.2, -0.15) is 5.26 Å². The van der Waals surface area contributed by atoms with Crippen molar-refractivity contribution in [1.82, 2.24) is 0 Å². The Morgan fingerprint density at radius 3 is 2.59 bits per heavy atom. The van der Waals surface area contributed by atoms with Crippen molar-refractivity contribution >= 4 is 11.3 Å². The number of rotatable bonds is 2. The van der Waals surface area contributed by atoms with Crippen LogP contribution >= 0.6 is 0 Å². The van der Waals surface area contributed by atoms with Crippen LogP contribution in [0.25, 0.3) is 5.57 Å². The Morgan fingerprint density at radius 1 is 1.10 bits per heavy atom. The van der Waals surface area contributed by atoms with Crippen LogP contribution in [0.15, 0.2) is 70.4 Å². The van der Waals surface area contributed by atoms with Crippen LogP contribution in [0, 0.1) is 11.3 Å². The van der Waals surface area contributed by atoms with E-state index in [-0.39, 0.29) is 0 Å². The molecule has 0 aromatic heterocycles. The molecule has 3 aliphatic rings. The molecule has 0 amide bonds. The molecule has 0 bridgehead atoms. The van der Waals surface area contributed by atoms with Crippen LogP contribution in [-0.4, -0.2) is 14.1 Å². The molecule has 1 aliphatic carbocycles. The summed E-state index contributed by atoms with van der Waals surface area (Å²) in [6, 6.07) is 8.66. The fourth-order valence-corrected chi connectivity index (χ4v) is 4.03. The van der Waals surface area contributed by atoms with E-state index in [0.717, 1.165) is 41.4 Å². The molecule has 4 rings (SSSR count). The van der Waals surface area contributed by atoms with Crippen molar-refractivity contribution in [2.45, 2.75) is 39.5 Å². The fraction of sp³-hybridized carbons (Fsp3) is 0.320. The molecule has 0 saturated heterocycles. The SMILES string of the molecule is CC1=C/C(=C(\C)C#N)C=C(/C=C2/Oc3cc(N(C)C)ccc3C3=C2CCCC3)O1. The van der Waals surface area contributed by atoms with Gasteiger partial charge < -0.3 is 14.4 Å². The molecule has 29 heavy (non-hydrogen) atoms. The Hall–Kier alpha value is -3.19. The highest BCUT2D eigenvalue weighted by Crippen LogP contribution is 2.46. The average molecular weight is 386 g/mol. The first-order valence-corrected chi connectivity index (χ1v) is 10.1. The van der Waals surface area contributed by atoms with Crippen molar-refractivity contribution in [2.24, 2.45) is 0 Å². The van der Waals surface area contributed by atoms with E-state index >= 15 is 0 Å². The first-order valence-electron chi connectivity index (χ1n) is 10.1. The summed E-state index contributed by atoms with van der Waals surface area (Å²) >= 11 is 0. The monoisotopic (exact) mass is 386 g/mol. The van der Waals surface area contributed by atoms with Gasteiger partial charge in [0.1, 0.15) is 23.0 Å². The minimum Gasteiger partial charge on any atom is -0.462 e. The van der Waals surface area contributed by atoms with Gasteiger partial charge in [0.2, 0.25) is 0 Å². The van der Waals surface area contributed by atoms with Crippen molar-refractivity contribution in [2.75, 3.05) is 19.0 Å². The van der Waals surface area contributed by atoms with Crippen LogP contribution in [0.5, 0.6) is 5.75 Å². The highest BCUT2D eigenvalue weighted by Gasteiger charge is 2.27. The number of allylic oxidation sites excluding steroid dienone is 8. The summed E-state index contributed by atoms with van der Waals surface area (Å²) in [5.74, 6) is 3.23. The number of anilines is 1. The third-order valence-electron chi connectivity index (χ3n) is 5.60. The number of fused-ring (bicyclic) bond motifs is 2. The molecular weight excluding hydrogens is 360 g/mol. The van der Waals surface area contributed by atoms with E-state index in [1.165, 1.54) is 29.6 Å². The number of benzene rings is 1. The highest BCUT2D eigenvalue weighted by atomic mass is 16.5. The van der Waals surface area contributed by atoms with Gasteiger partial charge in [-0.15, -0.1) is 0 Å². The van der Waals surface area contributed by atoms with Crippen LogP contribution in [0.3, 0.4) is 0 Å². The quantitative estimate of drug-likeness (QED) is 0.584. The fourth-order valence-electron chi connectivity index (χ4n) is 4.03. The zero-order valence-corrected chi connectivity index (χ0v) is 17.5. The maximum absolute atomic E-state index is 9.26. The van der Waals surface area contributed by atoms with Crippen molar-refractivity contribution < 1.29 is 9.47 Å². The topological polar surface area (TPSA) is 45.5 Å². The van der Waals surface area contributed by atoms with E-state index in [9.17, 15) is 5.26 Å². The molecule has 2 aliphatic heterocycles. The number of ether oxygens (including phenoxy) is 2. The van der Waals surface area contributed by atoms with Gasteiger partial charge in [-0.05, 0) is 80.5 Å². The van der Waals surface area contributed by atoms with E-state index in [2.05, 4.69) is 29.2 Å². The Labute approximate surface area is 172 Å². The molecule has 0 radical (unpaired) electrons. The molecule has 4 nitrogen and oxygen atoms in total. The molecular formula is C25H26N2O2. The molecule has 0 unspecified atom stereocenters. The Bertz CT molecular complexity index is 1060. The smallest absolute Gasteiger partial charge is 0.137 e. The zero-order valence-electron chi connectivity index (χ0n) is 17.5. The Kier molecular flexibility index (Phi) is 5.07. The van der Waals surface area contributed by atoms with Gasteiger partial charge in [-0.3, -0.25) is 0 Å². The van der Waals surface area contributed by atoms with Crippen LogP contribution in [0.4, 0.5) is 5.69 Å². The molecule has 0 saturated carbocycles. The molecule has 1 aromatic carbocycles. The predicted octanol–water partition coefficient (Wildman–Crippen LogP) is 6.01. The van der Waals surface area contributed by atoms with Crippen molar-refractivity contribution in [3.05, 3.63) is 76.0 Å². The third kappa shape index (κ3) is 3.73. The van der Waals surface area contributed by atoms with Crippen molar-refractivity contribution in [3.8, 4) is 11.8 Å². The van der Waals surface area contributed by atoms with Crippen LogP contribution in [0.1, 0.15) is 45.1 Å². The predicted molar refractivity (Wildman–Crippen MR) is 116 cm³/mol. The van der Waals surface area contributed by atoms with Gasteiger partial charge in [-0.1, -0.05) is 0 Å². The first kappa shape index (κ1) is 19.1. The summed E-state index contributed by atoms with van der Waals surface area (Å²) in [6.45, 7) is 3.73. The summed E-state index contributed by atoms with van der Waals surface area (Å²) in [5, 5.41) is 9.26. The molecule has 148 valence electrons. The number of hydrogen-bond acceptors (Lipinski definition) is 4. The second-order valence-corrected chi connectivity index (χ2v) is 7.95. The van der Waals surface area contributed by atoms with E-state index in [0.29, 0.717) is 11.3 Å². The van der Waals surface area contributed by atoms with E-state index in [1.807, 2.05) is 46.2 Å². The standard InChI is InChI=1S/C25H26N2O2/c1-16(15-26)18-11-17(2)28-20(12-18)14-25-22-8-6-5-7-21(22)23-10-9-19(27(3)4)13-24(23)29-25/h9-14H,5-8H2,1-4H3/b18-16-,25-14+. The maximum Gasteiger partial charge on any atom is 0.137 e. The minimum atomic E-state index is 0.673. The normalized spacial score (nSPS) is 21.1. The lowest BCUT2D eigenvalue weighted by Gasteiger charge is -2.30. The summed E-state index contributed by atoms with van der Waals surface area (Å²) in [5.41, 5.74) is 6.55. The third-order valence-corrected chi connectivity index (χ3v) is 5.60. The second-order valence-electron chi connectivity index (χ2n) is 7.95. The van der Waals surface area contributed by atoms with Crippen LogP contribution in [-0.2, 0) is 4.74 Å². The average Bonchev–Trinajstić information content (AvgIpc) is 2.72. The largest absolute Gasteiger partial charge is 0.462 e. The molecule has 0 N–H and O–H groups in total. The second kappa shape index (κ2) is 7.67. The Balaban J connectivity index is 1.80. The Morgan fingerprint density at radius 2 is 1.86 bits per heavy atom. The van der Waals surface area contributed by atoms with Gasteiger partial charge in [-0.25, -0.2) is 0 Å². The molecule has 0 atom stereocenters. The van der Waals surface area contributed by atoms with Gasteiger partial charge in [0.15, 0.2) is 0 Å².